The van der Waals surface area contributed by atoms with Crippen molar-refractivity contribution in [3.05, 3.63) is 60.7 Å². The van der Waals surface area contributed by atoms with Gasteiger partial charge in [0.05, 0.1) is 4.20 Å². The van der Waals surface area contributed by atoms with Crippen molar-refractivity contribution >= 4 is 28.2 Å². The minimum absolute atomic E-state index is 0.0261. The molecule has 22 heavy (non-hydrogen) atoms. The molecule has 5 heteroatoms. The topological polar surface area (TPSA) is 0 Å². The van der Waals surface area contributed by atoms with Gasteiger partial charge in [-0.05, 0) is 25.3 Å². The molecule has 0 aliphatic carbocycles. The van der Waals surface area contributed by atoms with Crippen LogP contribution in [0.15, 0.2) is 55.1 Å². The smallest absolute Gasteiger partial charge is 0.170 e. The predicted octanol–water partition coefficient (Wildman–Crippen LogP) is 6.34. The Morgan fingerprint density at radius 1 is 1.23 bits per heavy atom. The molecule has 0 fully saturated rings. The number of halogens is 3. The van der Waals surface area contributed by atoms with Gasteiger partial charge in [0.2, 0.25) is 0 Å². The summed E-state index contributed by atoms with van der Waals surface area (Å²) in [6.45, 7) is 5.18. The Kier molecular flexibility index (Phi) is 7.36. The predicted molar refractivity (Wildman–Crippen MR) is 93.1 cm³/mol. The summed E-state index contributed by atoms with van der Waals surface area (Å²) < 4.78 is 41.0. The third-order valence-corrected chi connectivity index (χ3v) is 5.22. The van der Waals surface area contributed by atoms with Gasteiger partial charge >= 0.3 is 6.18 Å². The maximum atomic E-state index is 13.7. The highest BCUT2D eigenvalue weighted by Gasteiger charge is 2.55. The molecule has 0 heterocycles. The summed E-state index contributed by atoms with van der Waals surface area (Å²) in [4.78, 5) is 0. The SMILES string of the molecule is C=CCC(C/C=C\C)(C(=S)SCc1ccccc1)C(F)(F)F. The summed E-state index contributed by atoms with van der Waals surface area (Å²) in [5, 5.41) is 0. The van der Waals surface area contributed by atoms with E-state index in [-0.39, 0.29) is 17.0 Å². The fourth-order valence-electron chi connectivity index (χ4n) is 2.02. The van der Waals surface area contributed by atoms with Gasteiger partial charge in [-0.25, -0.2) is 0 Å². The molecule has 1 unspecified atom stereocenters. The number of thioether (sulfide) groups is 1. The molecule has 0 aromatic heterocycles. The third-order valence-electron chi connectivity index (χ3n) is 3.34. The normalized spacial score (nSPS) is 14.7. The Labute approximate surface area is 139 Å². The molecule has 1 aromatic rings. The first-order chi connectivity index (χ1) is 10.4. The van der Waals surface area contributed by atoms with Gasteiger partial charge in [-0.1, -0.05) is 60.8 Å². The summed E-state index contributed by atoms with van der Waals surface area (Å²) in [5.74, 6) is 0.435. The molecule has 1 aromatic carbocycles. The second-order valence-electron chi connectivity index (χ2n) is 4.91. The minimum Gasteiger partial charge on any atom is -0.170 e. The standard InChI is InChI=1S/C17H19F3S2/c1-3-5-12-16(11-4-2,17(18,19)20)15(21)22-13-14-9-7-6-8-10-14/h3-10H,2,11-13H2,1H3/b5-3-. The van der Waals surface area contributed by atoms with E-state index in [1.807, 2.05) is 30.3 Å². The molecule has 0 aliphatic rings. The number of benzene rings is 1. The summed E-state index contributed by atoms with van der Waals surface area (Å²) in [6.07, 6.45) is -0.324. The molecular formula is C17H19F3S2. The maximum Gasteiger partial charge on any atom is 0.400 e. The number of rotatable bonds is 7. The van der Waals surface area contributed by atoms with Crippen LogP contribution in [0.3, 0.4) is 0 Å². The zero-order chi connectivity index (χ0) is 16.6. The van der Waals surface area contributed by atoms with Crippen molar-refractivity contribution in [1.82, 2.24) is 0 Å². The molecule has 0 amide bonds. The first kappa shape index (κ1) is 19.0. The molecule has 0 aliphatic heterocycles. The number of hydrogen-bond acceptors (Lipinski definition) is 2. The Morgan fingerprint density at radius 3 is 2.36 bits per heavy atom. The van der Waals surface area contributed by atoms with E-state index < -0.39 is 11.6 Å². The molecule has 0 spiro atoms. The van der Waals surface area contributed by atoms with E-state index in [4.69, 9.17) is 12.2 Å². The van der Waals surface area contributed by atoms with Gasteiger partial charge in [0.1, 0.15) is 5.41 Å². The highest BCUT2D eigenvalue weighted by Crippen LogP contribution is 2.49. The first-order valence-electron chi connectivity index (χ1n) is 6.87. The van der Waals surface area contributed by atoms with Crippen molar-refractivity contribution in [3.63, 3.8) is 0 Å². The van der Waals surface area contributed by atoms with Crippen LogP contribution in [-0.2, 0) is 5.75 Å². The molecule has 1 rings (SSSR count). The number of hydrogen-bond donors (Lipinski definition) is 0. The second-order valence-corrected chi connectivity index (χ2v) is 6.56. The largest absolute Gasteiger partial charge is 0.400 e. The van der Waals surface area contributed by atoms with Crippen LogP contribution in [0.25, 0.3) is 0 Å². The number of allylic oxidation sites excluding steroid dienone is 3. The van der Waals surface area contributed by atoms with Gasteiger partial charge in [0, 0.05) is 5.75 Å². The molecule has 120 valence electrons. The summed E-state index contributed by atoms with van der Waals surface area (Å²) in [7, 11) is 0. The summed E-state index contributed by atoms with van der Waals surface area (Å²) in [5.41, 5.74) is -1.08. The van der Waals surface area contributed by atoms with Gasteiger partial charge in [-0.2, -0.15) is 13.2 Å². The molecule has 0 saturated heterocycles. The Bertz CT molecular complexity index is 520. The molecule has 1 atom stereocenters. The van der Waals surface area contributed by atoms with Crippen molar-refractivity contribution < 1.29 is 13.2 Å². The van der Waals surface area contributed by atoms with E-state index >= 15 is 0 Å². The lowest BCUT2D eigenvalue weighted by Gasteiger charge is -2.34. The second kappa shape index (κ2) is 8.53. The average molecular weight is 344 g/mol. The molecule has 0 saturated carbocycles. The van der Waals surface area contributed by atoms with Gasteiger partial charge in [0.25, 0.3) is 0 Å². The van der Waals surface area contributed by atoms with Crippen molar-refractivity contribution in [1.29, 1.82) is 0 Å². The van der Waals surface area contributed by atoms with Gasteiger partial charge < -0.3 is 0 Å². The van der Waals surface area contributed by atoms with Crippen LogP contribution in [0.5, 0.6) is 0 Å². The van der Waals surface area contributed by atoms with Gasteiger partial charge in [0.15, 0.2) is 0 Å². The lowest BCUT2D eigenvalue weighted by molar-refractivity contribution is -0.194. The lowest BCUT2D eigenvalue weighted by Crippen LogP contribution is -2.42. The zero-order valence-electron chi connectivity index (χ0n) is 12.4. The fourth-order valence-corrected chi connectivity index (χ4v) is 3.53. The van der Waals surface area contributed by atoms with E-state index in [1.54, 1.807) is 13.0 Å². The van der Waals surface area contributed by atoms with Crippen molar-refractivity contribution in [3.8, 4) is 0 Å². The molecule has 0 N–H and O–H groups in total. The van der Waals surface area contributed by atoms with Crippen LogP contribution in [-0.4, -0.2) is 10.4 Å². The highest BCUT2D eigenvalue weighted by molar-refractivity contribution is 8.22. The van der Waals surface area contributed by atoms with E-state index in [0.29, 0.717) is 5.75 Å². The maximum absolute atomic E-state index is 13.7. The van der Waals surface area contributed by atoms with Gasteiger partial charge in [-0.15, -0.1) is 18.3 Å². The quantitative estimate of drug-likeness (QED) is 0.418. The van der Waals surface area contributed by atoms with E-state index in [0.717, 1.165) is 17.3 Å². The Morgan fingerprint density at radius 2 is 1.86 bits per heavy atom. The van der Waals surface area contributed by atoms with Crippen molar-refractivity contribution in [2.75, 3.05) is 0 Å². The highest BCUT2D eigenvalue weighted by atomic mass is 32.2. The molecule has 0 nitrogen and oxygen atoms in total. The van der Waals surface area contributed by atoms with Crippen LogP contribution in [0.4, 0.5) is 13.2 Å². The summed E-state index contributed by atoms with van der Waals surface area (Å²) in [6, 6.07) is 9.35. The van der Waals surface area contributed by atoms with Crippen molar-refractivity contribution in [2.24, 2.45) is 5.41 Å². The van der Waals surface area contributed by atoms with Crippen LogP contribution >= 0.6 is 24.0 Å². The molecule has 0 bridgehead atoms. The monoisotopic (exact) mass is 344 g/mol. The van der Waals surface area contributed by atoms with Gasteiger partial charge in [-0.3, -0.25) is 0 Å². The van der Waals surface area contributed by atoms with Crippen molar-refractivity contribution in [2.45, 2.75) is 31.7 Å². The van der Waals surface area contributed by atoms with Crippen LogP contribution < -0.4 is 0 Å². The Hall–Kier alpha value is -1.07. The minimum atomic E-state index is -4.40. The van der Waals surface area contributed by atoms with E-state index in [1.165, 1.54) is 12.2 Å². The van der Waals surface area contributed by atoms with Crippen LogP contribution in [0.2, 0.25) is 0 Å². The first-order valence-corrected chi connectivity index (χ1v) is 8.26. The fraction of sp³-hybridized carbons (Fsp3) is 0.353. The average Bonchev–Trinajstić information content (AvgIpc) is 2.49. The van der Waals surface area contributed by atoms with Crippen LogP contribution in [0.1, 0.15) is 25.3 Å². The molecular weight excluding hydrogens is 325 g/mol. The summed E-state index contributed by atoms with van der Waals surface area (Å²) >= 11 is 6.26. The Balaban J connectivity index is 2.98. The number of thiocarbonyl (C=S) groups is 1. The number of alkyl halides is 3. The lowest BCUT2D eigenvalue weighted by atomic mass is 9.82. The zero-order valence-corrected chi connectivity index (χ0v) is 14.0. The third kappa shape index (κ3) is 4.71. The van der Waals surface area contributed by atoms with E-state index in [9.17, 15) is 13.2 Å². The van der Waals surface area contributed by atoms with E-state index in [2.05, 4.69) is 6.58 Å². The molecule has 0 radical (unpaired) electrons. The van der Waals surface area contributed by atoms with Crippen LogP contribution in [0, 0.1) is 5.41 Å².